The highest BCUT2D eigenvalue weighted by atomic mass is 32.2. The van der Waals surface area contributed by atoms with Gasteiger partial charge in [0, 0.05) is 0 Å². The van der Waals surface area contributed by atoms with Gasteiger partial charge in [0.15, 0.2) is 35.4 Å². The van der Waals surface area contributed by atoms with Crippen LogP contribution < -0.4 is 0 Å². The summed E-state index contributed by atoms with van der Waals surface area (Å²) in [6.45, 7) is 14.5. The van der Waals surface area contributed by atoms with Gasteiger partial charge in [0.25, 0.3) is 4.45 Å². The molecule has 0 aromatic rings. The molecule has 0 aromatic carbocycles. The van der Waals surface area contributed by atoms with Crippen LogP contribution >= 0.6 is 119 Å². The molecule has 0 saturated heterocycles. The van der Waals surface area contributed by atoms with E-state index in [1.54, 1.807) is 0 Å². The maximum atomic E-state index is 13.0. The third-order valence-electron chi connectivity index (χ3n) is 2.33. The molecule has 2 nitrogen and oxygen atoms in total. The Labute approximate surface area is 300 Å². The second-order valence-electron chi connectivity index (χ2n) is 9.20. The highest BCUT2D eigenvalue weighted by molar-refractivity contribution is 8.48. The summed E-state index contributed by atoms with van der Waals surface area (Å²) in [4.78, 5) is 10.5. The van der Waals surface area contributed by atoms with E-state index >= 15 is 0 Å². The Morgan fingerprint density at radius 2 is 0.932 bits per heavy atom. The van der Waals surface area contributed by atoms with Crippen LogP contribution in [-0.2, 0) is 0 Å². The quantitative estimate of drug-likeness (QED) is 0.101. The van der Waals surface area contributed by atoms with Crippen molar-refractivity contribution in [2.24, 2.45) is 5.21 Å². The summed E-state index contributed by atoms with van der Waals surface area (Å²) in [5, 5.41) is -3.82. The molecule has 0 aliphatic rings. The molecule has 264 valence electrons. The number of thioether (sulfide) groups is 8. The lowest BCUT2D eigenvalue weighted by molar-refractivity contribution is 0.276. The van der Waals surface area contributed by atoms with Gasteiger partial charge in [0.1, 0.15) is 18.6 Å². The lowest BCUT2D eigenvalue weighted by Gasteiger charge is -2.17. The molecule has 0 rings (SSSR count). The molecule has 0 radical (unpaired) electrons. The standard InChI is InChI=1S/C7H12F3NS2.C7H12F2S3.C5H8F2OS2.C4H6F2S3/c1-6(2,8)12-5(11-10)13-7(3,4)9;1-6(2,8)11-5(10)12-7(3,4)9;1-3(6)9-5(8)10-4(2)7;1-3(6)9-4(7)8-2-5/h1-4H3;1-4H3;3-4H,1-2H3;3H,2H2,1H3. The zero-order valence-electron chi connectivity index (χ0n) is 25.8. The second kappa shape index (κ2) is 26.5. The van der Waals surface area contributed by atoms with Crippen molar-refractivity contribution in [2.75, 3.05) is 6.01 Å². The Bertz CT molecular complexity index is 792. The third-order valence-corrected chi connectivity index (χ3v) is 10.3. The van der Waals surface area contributed by atoms with Gasteiger partial charge in [0.2, 0.25) is 0 Å². The van der Waals surface area contributed by atoms with Gasteiger partial charge in [-0.2, -0.15) is 0 Å². The van der Waals surface area contributed by atoms with Gasteiger partial charge in [-0.1, -0.05) is 105 Å². The van der Waals surface area contributed by atoms with Gasteiger partial charge in [-0.25, -0.2) is 35.1 Å². The summed E-state index contributed by atoms with van der Waals surface area (Å²) < 4.78 is 111. The molecule has 44 heavy (non-hydrogen) atoms. The number of carbonyl (C=O) groups excluding carboxylic acids is 1. The largest absolute Gasteiger partial charge is 0.274 e. The lowest BCUT2D eigenvalue weighted by Crippen LogP contribution is -2.13. The van der Waals surface area contributed by atoms with Crippen molar-refractivity contribution in [3.05, 3.63) is 0 Å². The van der Waals surface area contributed by atoms with Gasteiger partial charge in [-0.3, -0.25) is 4.79 Å². The van der Waals surface area contributed by atoms with Crippen LogP contribution in [0.5, 0.6) is 0 Å². The van der Waals surface area contributed by atoms with Gasteiger partial charge in [-0.15, -0.1) is 0 Å². The summed E-state index contributed by atoms with van der Waals surface area (Å²) in [5.74, 6) is 0. The van der Waals surface area contributed by atoms with Crippen LogP contribution in [0.15, 0.2) is 5.21 Å². The summed E-state index contributed by atoms with van der Waals surface area (Å²) in [5.41, 5.74) is -3.53. The van der Waals surface area contributed by atoms with Crippen LogP contribution in [0.3, 0.4) is 0 Å². The highest BCUT2D eigenvalue weighted by Crippen LogP contribution is 2.39. The normalized spacial score (nSPS) is 13.8. The Kier molecular flexibility index (Phi) is 31.7. The number of rotatable bonds is 8. The van der Waals surface area contributed by atoms with Crippen molar-refractivity contribution >= 4 is 134 Å². The van der Waals surface area contributed by atoms with Gasteiger partial charge < -0.3 is 0 Å². The summed E-state index contributed by atoms with van der Waals surface area (Å²) in [7, 11) is 0. The second-order valence-corrected chi connectivity index (χ2v) is 23.1. The Hall–Kier alpha value is 1.69. The molecular formula is C23H38F9NOS10. The number of alkyl halides is 8. The summed E-state index contributed by atoms with van der Waals surface area (Å²) >= 11 is 14.9. The van der Waals surface area contributed by atoms with Crippen LogP contribution in [0.2, 0.25) is 0 Å². The van der Waals surface area contributed by atoms with Crippen molar-refractivity contribution < 1.29 is 44.4 Å². The smallest absolute Gasteiger partial charge is 0.251 e. The molecule has 0 spiro atoms. The fourth-order valence-electron chi connectivity index (χ4n) is 1.39. The summed E-state index contributed by atoms with van der Waals surface area (Å²) in [6, 6.07) is -0.571. The molecule has 0 N–H and O–H groups in total. The molecule has 0 heterocycles. The maximum Gasteiger partial charge on any atom is 0.251 e. The first kappa shape index (κ1) is 52.5. The monoisotopic (exact) mass is 835 g/mol. The molecule has 3 atom stereocenters. The zero-order chi connectivity index (χ0) is 36.1. The van der Waals surface area contributed by atoms with E-state index in [1.807, 2.05) is 0 Å². The van der Waals surface area contributed by atoms with E-state index in [4.69, 9.17) is 12.2 Å². The molecule has 0 aliphatic carbocycles. The average molecular weight is 836 g/mol. The van der Waals surface area contributed by atoms with E-state index in [2.05, 4.69) is 17.4 Å². The summed E-state index contributed by atoms with van der Waals surface area (Å²) in [6.07, 6.45) is 0. The fourth-order valence-corrected chi connectivity index (χ4v) is 10.2. The highest BCUT2D eigenvalue weighted by Gasteiger charge is 2.27. The first-order valence-corrected chi connectivity index (χ1v) is 19.6. The Morgan fingerprint density at radius 3 is 1.14 bits per heavy atom. The number of halogens is 9. The topological polar surface area (TPSA) is 29.4 Å². The van der Waals surface area contributed by atoms with Crippen LogP contribution in [0, 0.1) is 0 Å². The molecule has 3 unspecified atom stereocenters. The molecule has 0 aliphatic heterocycles. The van der Waals surface area contributed by atoms with E-state index in [0.29, 0.717) is 54.1 Å². The van der Waals surface area contributed by atoms with E-state index < -0.39 is 47.0 Å². The van der Waals surface area contributed by atoms with E-state index in [0.717, 1.165) is 47.0 Å². The van der Waals surface area contributed by atoms with E-state index in [-0.39, 0.29) is 4.38 Å². The van der Waals surface area contributed by atoms with Crippen LogP contribution in [0.25, 0.3) is 0 Å². The predicted octanol–water partition coefficient (Wildman–Crippen LogP) is 14.4. The number of hydrogen-bond donors (Lipinski definition) is 0. The lowest BCUT2D eigenvalue weighted by atomic mass is 10.5. The molecule has 0 aromatic heterocycles. The third kappa shape index (κ3) is 53.2. The van der Waals surface area contributed by atoms with Crippen LogP contribution in [-0.4, -0.2) is 58.4 Å². The van der Waals surface area contributed by atoms with Gasteiger partial charge in [-0.05, 0) is 99.7 Å². The van der Waals surface area contributed by atoms with Crippen molar-refractivity contribution in [2.45, 2.75) is 113 Å². The van der Waals surface area contributed by atoms with Crippen molar-refractivity contribution in [1.29, 1.82) is 0 Å². The van der Waals surface area contributed by atoms with E-state index in [1.165, 1.54) is 76.2 Å². The van der Waals surface area contributed by atoms with Gasteiger partial charge in [0.05, 0.1) is 0 Å². The van der Waals surface area contributed by atoms with Crippen molar-refractivity contribution in [3.63, 3.8) is 0 Å². The number of hydrogen-bond acceptors (Lipinski definition) is 12. The number of carbonyl (C=O) groups is 1. The minimum absolute atomic E-state index is 0.236. The van der Waals surface area contributed by atoms with Crippen molar-refractivity contribution in [3.8, 4) is 0 Å². The number of nitrogens with zero attached hydrogens (tertiary/aromatic N) is 1. The average Bonchev–Trinajstić information content (AvgIpc) is 2.68. The SMILES string of the molecule is CC(C)(F)SC(=NF)SC(C)(C)F.CC(C)(F)SC(=S)SC(C)(C)F.CC(F)SC(=O)SC(C)F.CC(F)SC(=S)SCF. The van der Waals surface area contributed by atoms with Crippen LogP contribution in [0.1, 0.15) is 76.2 Å². The van der Waals surface area contributed by atoms with Crippen molar-refractivity contribution in [1.82, 2.24) is 0 Å². The molecular weight excluding hydrogens is 798 g/mol. The fraction of sp³-hybridized carbons (Fsp3) is 0.826. The first-order chi connectivity index (χ1) is 19.4. The Balaban J connectivity index is -0.000000245. The first-order valence-electron chi connectivity index (χ1n) is 11.9. The molecule has 0 bridgehead atoms. The molecule has 0 amide bonds. The van der Waals surface area contributed by atoms with E-state index in [9.17, 15) is 44.4 Å². The molecule has 0 saturated carbocycles. The number of thiocarbonyl (C=S) groups is 2. The minimum Gasteiger partial charge on any atom is -0.274 e. The maximum absolute atomic E-state index is 13.0. The Morgan fingerprint density at radius 1 is 0.636 bits per heavy atom. The van der Waals surface area contributed by atoms with Crippen LogP contribution in [0.4, 0.5) is 44.4 Å². The predicted molar refractivity (Wildman–Crippen MR) is 198 cm³/mol. The van der Waals surface area contributed by atoms with Gasteiger partial charge >= 0.3 is 0 Å². The minimum atomic E-state index is -1.65. The zero-order valence-corrected chi connectivity index (χ0v) is 33.9. The molecule has 0 fully saturated rings. The molecule has 21 heteroatoms.